The number of aryl methyl sites for hydroxylation is 1. The molecule has 23 heavy (non-hydrogen) atoms. The van der Waals surface area contributed by atoms with Crippen LogP contribution in [0.4, 0.5) is 4.39 Å². The van der Waals surface area contributed by atoms with E-state index in [-0.39, 0.29) is 5.82 Å². The van der Waals surface area contributed by atoms with E-state index in [1.165, 1.54) is 12.1 Å². The number of halogens is 1. The summed E-state index contributed by atoms with van der Waals surface area (Å²) < 4.78 is 14.9. The number of aromatic nitrogens is 4. The van der Waals surface area contributed by atoms with Crippen molar-refractivity contribution in [2.24, 2.45) is 0 Å². The molecule has 118 valence electrons. The molecule has 3 aromatic rings. The molecule has 1 aliphatic heterocycles. The molecule has 0 saturated heterocycles. The Morgan fingerprint density at radius 1 is 1.30 bits per heavy atom. The Labute approximate surface area is 137 Å². The van der Waals surface area contributed by atoms with Crippen LogP contribution in [0.2, 0.25) is 0 Å². The lowest BCUT2D eigenvalue weighted by atomic mass is 10.1. The number of nitrogens with zero attached hydrogens (tertiary/aromatic N) is 4. The monoisotopic (exact) mass is 329 g/mol. The van der Waals surface area contributed by atoms with E-state index in [9.17, 15) is 4.39 Å². The number of nitrogens with one attached hydrogen (secondary N) is 1. The van der Waals surface area contributed by atoms with Gasteiger partial charge < -0.3 is 5.32 Å². The molecular weight excluding hydrogens is 313 g/mol. The molecule has 0 unspecified atom stereocenters. The highest BCUT2D eigenvalue weighted by Gasteiger charge is 2.19. The van der Waals surface area contributed by atoms with Crippen LogP contribution in [0.5, 0.6) is 0 Å². The van der Waals surface area contributed by atoms with Crippen molar-refractivity contribution in [3.63, 3.8) is 0 Å². The molecule has 7 heteroatoms. The zero-order valence-corrected chi connectivity index (χ0v) is 13.3. The molecule has 0 aliphatic carbocycles. The third-order valence-corrected chi connectivity index (χ3v) is 4.96. The molecule has 0 fully saturated rings. The van der Waals surface area contributed by atoms with Crippen LogP contribution in [-0.2, 0) is 19.5 Å². The second-order valence-electron chi connectivity index (χ2n) is 5.63. The summed E-state index contributed by atoms with van der Waals surface area (Å²) in [5.41, 5.74) is 1.96. The Kier molecular flexibility index (Phi) is 3.88. The molecule has 0 amide bonds. The van der Waals surface area contributed by atoms with Gasteiger partial charge in [-0.2, -0.15) is 5.10 Å². The number of benzene rings is 1. The summed E-state index contributed by atoms with van der Waals surface area (Å²) in [4.78, 5) is 8.87. The predicted octanol–water partition coefficient (Wildman–Crippen LogP) is 2.65. The van der Waals surface area contributed by atoms with Crippen molar-refractivity contribution in [3.8, 4) is 10.6 Å². The van der Waals surface area contributed by atoms with Crippen LogP contribution in [-0.4, -0.2) is 25.8 Å². The normalized spacial score (nSPS) is 17.2. The lowest BCUT2D eigenvalue weighted by molar-refractivity contribution is 0.357. The maximum absolute atomic E-state index is 13.0. The molecule has 2 aromatic heterocycles. The standard InChI is InChI=1S/C16H16FN5S/c17-12-3-1-11(2-4-12)16-21-14(9-23-16)7-18-13-5-6-15-19-10-20-22(15)8-13/h1-4,9-10,13,18H,5-8H2/t13-/m1/s1. The van der Waals surface area contributed by atoms with Gasteiger partial charge in [-0.25, -0.2) is 19.0 Å². The van der Waals surface area contributed by atoms with E-state index in [1.54, 1.807) is 29.8 Å². The van der Waals surface area contributed by atoms with Gasteiger partial charge in [0, 0.05) is 30.0 Å². The van der Waals surface area contributed by atoms with Crippen LogP contribution in [0.3, 0.4) is 0 Å². The smallest absolute Gasteiger partial charge is 0.138 e. The summed E-state index contributed by atoms with van der Waals surface area (Å²) in [5, 5.41) is 10.7. The summed E-state index contributed by atoms with van der Waals surface area (Å²) >= 11 is 1.58. The third kappa shape index (κ3) is 3.16. The lowest BCUT2D eigenvalue weighted by Crippen LogP contribution is -2.37. The maximum Gasteiger partial charge on any atom is 0.138 e. The second kappa shape index (κ2) is 6.17. The van der Waals surface area contributed by atoms with Gasteiger partial charge in [0.2, 0.25) is 0 Å². The quantitative estimate of drug-likeness (QED) is 0.799. The zero-order valence-electron chi connectivity index (χ0n) is 12.4. The van der Waals surface area contributed by atoms with Crippen molar-refractivity contribution in [1.82, 2.24) is 25.1 Å². The first kappa shape index (κ1) is 14.5. The van der Waals surface area contributed by atoms with Crippen molar-refractivity contribution in [3.05, 3.63) is 53.3 Å². The predicted molar refractivity (Wildman–Crippen MR) is 86.5 cm³/mol. The van der Waals surface area contributed by atoms with Crippen molar-refractivity contribution in [2.45, 2.75) is 32.0 Å². The first-order valence-corrected chi connectivity index (χ1v) is 8.46. The average Bonchev–Trinajstić information content (AvgIpc) is 3.22. The largest absolute Gasteiger partial charge is 0.306 e. The van der Waals surface area contributed by atoms with E-state index in [1.807, 2.05) is 4.68 Å². The fourth-order valence-electron chi connectivity index (χ4n) is 2.77. The van der Waals surface area contributed by atoms with Gasteiger partial charge in [-0.15, -0.1) is 11.3 Å². The minimum atomic E-state index is -0.225. The molecule has 5 nitrogen and oxygen atoms in total. The summed E-state index contributed by atoms with van der Waals surface area (Å²) in [7, 11) is 0. The summed E-state index contributed by atoms with van der Waals surface area (Å²) in [6, 6.07) is 6.84. The maximum atomic E-state index is 13.0. The van der Waals surface area contributed by atoms with E-state index in [2.05, 4.69) is 25.8 Å². The Morgan fingerprint density at radius 2 is 2.17 bits per heavy atom. The molecule has 1 aromatic carbocycles. The van der Waals surface area contributed by atoms with Crippen LogP contribution in [0.15, 0.2) is 36.0 Å². The highest BCUT2D eigenvalue weighted by atomic mass is 32.1. The highest BCUT2D eigenvalue weighted by molar-refractivity contribution is 7.13. The number of hydrogen-bond acceptors (Lipinski definition) is 5. The van der Waals surface area contributed by atoms with Crippen LogP contribution < -0.4 is 5.32 Å². The molecule has 1 atom stereocenters. The van der Waals surface area contributed by atoms with Gasteiger partial charge in [-0.1, -0.05) is 0 Å². The van der Waals surface area contributed by atoms with Crippen molar-refractivity contribution in [2.75, 3.05) is 0 Å². The van der Waals surface area contributed by atoms with E-state index in [0.29, 0.717) is 6.04 Å². The average molecular weight is 329 g/mol. The molecule has 0 radical (unpaired) electrons. The molecule has 0 spiro atoms. The van der Waals surface area contributed by atoms with Crippen LogP contribution in [0.1, 0.15) is 17.9 Å². The molecule has 4 rings (SSSR count). The summed E-state index contributed by atoms with van der Waals surface area (Å²) in [6.07, 6.45) is 3.64. The molecule has 0 saturated carbocycles. The van der Waals surface area contributed by atoms with Gasteiger partial charge in [0.15, 0.2) is 0 Å². The van der Waals surface area contributed by atoms with Gasteiger partial charge in [-0.05, 0) is 30.7 Å². The highest BCUT2D eigenvalue weighted by Crippen LogP contribution is 2.24. The summed E-state index contributed by atoms with van der Waals surface area (Å²) in [5.74, 6) is 0.840. The molecule has 1 aliphatic rings. The number of thiazole rings is 1. The van der Waals surface area contributed by atoms with Crippen molar-refractivity contribution in [1.29, 1.82) is 0 Å². The number of fused-ring (bicyclic) bond motifs is 1. The van der Waals surface area contributed by atoms with Crippen molar-refractivity contribution < 1.29 is 4.39 Å². The fraction of sp³-hybridized carbons (Fsp3) is 0.312. The first-order valence-electron chi connectivity index (χ1n) is 7.58. The Morgan fingerprint density at radius 3 is 3.04 bits per heavy atom. The van der Waals surface area contributed by atoms with Gasteiger partial charge >= 0.3 is 0 Å². The molecular formula is C16H16FN5S. The third-order valence-electron chi connectivity index (χ3n) is 4.02. The Hall–Kier alpha value is -2.12. The van der Waals surface area contributed by atoms with Gasteiger partial charge in [-0.3, -0.25) is 0 Å². The van der Waals surface area contributed by atoms with E-state index in [4.69, 9.17) is 0 Å². The van der Waals surface area contributed by atoms with Gasteiger partial charge in [0.25, 0.3) is 0 Å². The van der Waals surface area contributed by atoms with Crippen LogP contribution >= 0.6 is 11.3 Å². The number of rotatable bonds is 4. The van der Waals surface area contributed by atoms with Gasteiger partial charge in [0.05, 0.1) is 12.2 Å². The van der Waals surface area contributed by atoms with Crippen molar-refractivity contribution >= 4 is 11.3 Å². The fourth-order valence-corrected chi connectivity index (χ4v) is 3.59. The lowest BCUT2D eigenvalue weighted by Gasteiger charge is -2.23. The summed E-state index contributed by atoms with van der Waals surface area (Å²) in [6.45, 7) is 1.58. The van der Waals surface area contributed by atoms with E-state index in [0.717, 1.165) is 48.0 Å². The first-order chi connectivity index (χ1) is 11.3. The number of hydrogen-bond donors (Lipinski definition) is 1. The second-order valence-corrected chi connectivity index (χ2v) is 6.48. The Bertz CT molecular complexity index is 795. The topological polar surface area (TPSA) is 55.6 Å². The minimum Gasteiger partial charge on any atom is -0.306 e. The SMILES string of the molecule is Fc1ccc(-c2nc(CN[C@@H]3CCc4ncnn4C3)cs2)cc1. The van der Waals surface area contributed by atoms with Crippen LogP contribution in [0.25, 0.3) is 10.6 Å². The molecule has 1 N–H and O–H groups in total. The van der Waals surface area contributed by atoms with E-state index >= 15 is 0 Å². The minimum absolute atomic E-state index is 0.225. The van der Waals surface area contributed by atoms with Crippen LogP contribution in [0, 0.1) is 5.82 Å². The Balaban J connectivity index is 1.38. The van der Waals surface area contributed by atoms with E-state index < -0.39 is 0 Å². The molecule has 3 heterocycles. The van der Waals surface area contributed by atoms with Gasteiger partial charge in [0.1, 0.15) is 23.0 Å². The molecule has 0 bridgehead atoms. The zero-order chi connectivity index (χ0) is 15.6.